The second-order valence-electron chi connectivity index (χ2n) is 9.24. The van der Waals surface area contributed by atoms with E-state index in [9.17, 15) is 40.5 Å². The lowest BCUT2D eigenvalue weighted by molar-refractivity contribution is -0.360. The minimum atomic E-state index is -1.73. The van der Waals surface area contributed by atoms with Crippen molar-refractivity contribution in [2.24, 2.45) is 0 Å². The molecule has 0 aliphatic carbocycles. The molecule has 0 aromatic heterocycles. The summed E-state index contributed by atoms with van der Waals surface area (Å²) >= 11 is 0. The van der Waals surface area contributed by atoms with Crippen LogP contribution in [0.15, 0.2) is 0 Å². The standard InChI is InChI=1S/C23H43NO12/c1-2-3-8-15(27)24-9-6-4-5-7-10-33-22-20(32)21(17(29)14(12-26)34-22)36-23-19(31)18(30)16(28)13(11-25)35-23/h13-14,16-23,25-26,28-32H,2-12H2,1H3,(H,24,27)/t13?,14-,16+,17-,18+,19?,20?,21?,22+,23+/m1/s1. The number of amides is 1. The fraction of sp³-hybridized carbons (Fsp3) is 0.957. The van der Waals surface area contributed by atoms with E-state index in [-0.39, 0.29) is 12.5 Å². The summed E-state index contributed by atoms with van der Waals surface area (Å²) in [5, 5.41) is 73.1. The molecule has 10 atom stereocenters. The van der Waals surface area contributed by atoms with Crippen LogP contribution < -0.4 is 5.32 Å². The van der Waals surface area contributed by atoms with Crippen molar-refractivity contribution in [3.63, 3.8) is 0 Å². The predicted molar refractivity (Wildman–Crippen MR) is 123 cm³/mol. The van der Waals surface area contributed by atoms with Crippen LogP contribution in [0.4, 0.5) is 0 Å². The molecule has 0 radical (unpaired) electrons. The van der Waals surface area contributed by atoms with Gasteiger partial charge in [-0.1, -0.05) is 26.2 Å². The molecule has 13 nitrogen and oxygen atoms in total. The molecule has 2 aliphatic rings. The Morgan fingerprint density at radius 2 is 1.42 bits per heavy atom. The largest absolute Gasteiger partial charge is 0.394 e. The molecular formula is C23H43NO12. The summed E-state index contributed by atoms with van der Waals surface area (Å²) in [6, 6.07) is 0. The third-order valence-corrected chi connectivity index (χ3v) is 6.39. The third-order valence-electron chi connectivity index (χ3n) is 6.39. The van der Waals surface area contributed by atoms with Gasteiger partial charge >= 0.3 is 0 Å². The molecule has 8 N–H and O–H groups in total. The molecule has 13 heteroatoms. The number of nitrogens with one attached hydrogen (secondary N) is 1. The first kappa shape index (κ1) is 31.2. The number of hydrogen-bond acceptors (Lipinski definition) is 12. The highest BCUT2D eigenvalue weighted by Crippen LogP contribution is 2.29. The fourth-order valence-electron chi connectivity index (χ4n) is 4.12. The molecule has 0 aromatic rings. The summed E-state index contributed by atoms with van der Waals surface area (Å²) in [5.74, 6) is 0.0599. The molecule has 1 amide bonds. The maximum atomic E-state index is 11.6. The van der Waals surface area contributed by atoms with Crippen molar-refractivity contribution in [1.82, 2.24) is 5.32 Å². The van der Waals surface area contributed by atoms with E-state index >= 15 is 0 Å². The normalized spacial score (nSPS) is 37.1. The molecular weight excluding hydrogens is 482 g/mol. The van der Waals surface area contributed by atoms with Crippen molar-refractivity contribution in [3.05, 3.63) is 0 Å². The van der Waals surface area contributed by atoms with E-state index in [1.165, 1.54) is 0 Å². The molecule has 2 saturated heterocycles. The van der Waals surface area contributed by atoms with Gasteiger partial charge in [-0.05, 0) is 19.3 Å². The van der Waals surface area contributed by atoms with E-state index in [4.69, 9.17) is 18.9 Å². The topological polar surface area (TPSA) is 208 Å². The molecule has 2 fully saturated rings. The van der Waals surface area contributed by atoms with Crippen LogP contribution in [0, 0.1) is 0 Å². The van der Waals surface area contributed by atoms with Crippen LogP contribution in [-0.4, -0.2) is 129 Å². The van der Waals surface area contributed by atoms with Gasteiger partial charge in [-0.2, -0.15) is 0 Å². The second kappa shape index (κ2) is 16.1. The molecule has 212 valence electrons. The average molecular weight is 526 g/mol. The van der Waals surface area contributed by atoms with Gasteiger partial charge < -0.3 is 60.0 Å². The zero-order valence-corrected chi connectivity index (χ0v) is 20.7. The fourth-order valence-corrected chi connectivity index (χ4v) is 4.12. The zero-order valence-electron chi connectivity index (χ0n) is 20.7. The minimum absolute atomic E-state index is 0.0599. The number of hydrogen-bond donors (Lipinski definition) is 8. The van der Waals surface area contributed by atoms with Gasteiger partial charge in [0.2, 0.25) is 5.91 Å². The number of unbranched alkanes of at least 4 members (excludes halogenated alkanes) is 4. The number of aliphatic hydroxyl groups excluding tert-OH is 7. The van der Waals surface area contributed by atoms with Crippen LogP contribution >= 0.6 is 0 Å². The van der Waals surface area contributed by atoms with E-state index in [1.807, 2.05) is 6.92 Å². The third kappa shape index (κ3) is 8.81. The monoisotopic (exact) mass is 525 g/mol. The molecule has 36 heavy (non-hydrogen) atoms. The molecule has 2 rings (SSSR count). The van der Waals surface area contributed by atoms with Gasteiger partial charge in [-0.25, -0.2) is 0 Å². The number of ether oxygens (including phenoxy) is 4. The van der Waals surface area contributed by atoms with Gasteiger partial charge in [-0.3, -0.25) is 4.79 Å². The minimum Gasteiger partial charge on any atom is -0.394 e. The van der Waals surface area contributed by atoms with Gasteiger partial charge in [0.05, 0.1) is 13.2 Å². The lowest BCUT2D eigenvalue weighted by atomic mass is 9.97. The van der Waals surface area contributed by atoms with E-state index in [1.54, 1.807) is 0 Å². The predicted octanol–water partition coefficient (Wildman–Crippen LogP) is -2.51. The molecule has 0 aromatic carbocycles. The summed E-state index contributed by atoms with van der Waals surface area (Å²) in [6.07, 6.45) is -9.19. The first-order valence-corrected chi connectivity index (χ1v) is 12.7. The van der Waals surface area contributed by atoms with Gasteiger partial charge in [0, 0.05) is 19.6 Å². The van der Waals surface area contributed by atoms with Crippen LogP contribution in [-0.2, 0) is 23.7 Å². The van der Waals surface area contributed by atoms with Crippen molar-refractivity contribution in [1.29, 1.82) is 0 Å². The highest BCUT2D eigenvalue weighted by atomic mass is 16.7. The number of rotatable bonds is 15. The average Bonchev–Trinajstić information content (AvgIpc) is 2.87. The second-order valence-corrected chi connectivity index (χ2v) is 9.24. The van der Waals surface area contributed by atoms with E-state index in [0.717, 1.165) is 32.1 Å². The lowest BCUT2D eigenvalue weighted by Crippen LogP contribution is -2.64. The van der Waals surface area contributed by atoms with Crippen LogP contribution in [0.3, 0.4) is 0 Å². The summed E-state index contributed by atoms with van der Waals surface area (Å²) in [5.41, 5.74) is 0. The smallest absolute Gasteiger partial charge is 0.219 e. The molecule has 2 aliphatic heterocycles. The Morgan fingerprint density at radius 1 is 0.778 bits per heavy atom. The Hall–Kier alpha value is -0.970. The highest BCUT2D eigenvalue weighted by molar-refractivity contribution is 5.75. The first-order chi connectivity index (χ1) is 17.2. The van der Waals surface area contributed by atoms with Crippen molar-refractivity contribution >= 4 is 5.91 Å². The maximum Gasteiger partial charge on any atom is 0.219 e. The zero-order chi connectivity index (χ0) is 26.7. The van der Waals surface area contributed by atoms with Crippen LogP contribution in [0.25, 0.3) is 0 Å². The number of carbonyl (C=O) groups is 1. The first-order valence-electron chi connectivity index (χ1n) is 12.7. The van der Waals surface area contributed by atoms with Crippen LogP contribution in [0.5, 0.6) is 0 Å². The molecule has 4 unspecified atom stereocenters. The van der Waals surface area contributed by atoms with E-state index in [0.29, 0.717) is 19.4 Å². The maximum absolute atomic E-state index is 11.6. The van der Waals surface area contributed by atoms with E-state index < -0.39 is 74.6 Å². The van der Waals surface area contributed by atoms with Crippen molar-refractivity contribution in [2.45, 2.75) is 113 Å². The summed E-state index contributed by atoms with van der Waals surface area (Å²) in [4.78, 5) is 11.6. The van der Waals surface area contributed by atoms with E-state index in [2.05, 4.69) is 5.32 Å². The van der Waals surface area contributed by atoms with Gasteiger partial charge in [0.25, 0.3) is 0 Å². The number of aliphatic hydroxyl groups is 7. The summed E-state index contributed by atoms with van der Waals surface area (Å²) in [7, 11) is 0. The molecule has 0 bridgehead atoms. The van der Waals surface area contributed by atoms with Gasteiger partial charge in [-0.15, -0.1) is 0 Å². The van der Waals surface area contributed by atoms with Crippen molar-refractivity contribution in [2.75, 3.05) is 26.4 Å². The summed E-state index contributed by atoms with van der Waals surface area (Å²) in [6.45, 7) is 1.59. The Balaban J connectivity index is 1.80. The highest BCUT2D eigenvalue weighted by Gasteiger charge is 2.50. The molecule has 0 spiro atoms. The molecule has 0 saturated carbocycles. The van der Waals surface area contributed by atoms with Crippen LogP contribution in [0.2, 0.25) is 0 Å². The Labute approximate surface area is 210 Å². The van der Waals surface area contributed by atoms with Gasteiger partial charge in [0.15, 0.2) is 12.6 Å². The van der Waals surface area contributed by atoms with Gasteiger partial charge in [0.1, 0.15) is 48.8 Å². The Morgan fingerprint density at radius 3 is 2.08 bits per heavy atom. The Kier molecular flexibility index (Phi) is 14.0. The molecule has 2 heterocycles. The number of carbonyl (C=O) groups excluding carboxylic acids is 1. The van der Waals surface area contributed by atoms with Crippen LogP contribution in [0.1, 0.15) is 51.9 Å². The lowest BCUT2D eigenvalue weighted by Gasteiger charge is -2.45. The SMILES string of the molecule is CCCCC(=O)NCCCCCCO[C@H]1O[C@H](CO)[C@@H](O)C(O[C@@H]2OC(CO)[C@H](O)[C@H](O)C2O)C1O. The summed E-state index contributed by atoms with van der Waals surface area (Å²) < 4.78 is 21.9. The van der Waals surface area contributed by atoms with Crippen molar-refractivity contribution < 1.29 is 59.5 Å². The van der Waals surface area contributed by atoms with Crippen molar-refractivity contribution in [3.8, 4) is 0 Å². The quantitative estimate of drug-likeness (QED) is 0.104. The Bertz CT molecular complexity index is 626.